The fourth-order valence-corrected chi connectivity index (χ4v) is 8.10. The Balaban J connectivity index is 0.000000441. The standard InChI is InChI=1S/C27H38N2O4.C24H28N2O5.2ClH/c1-20(2)27(19-28,22-10-12-24(31-5)26(18-22)33-7)14-8-15-29(3)16-13-21-9-11-23(30-4)25(17-21)32-6;1-2-31-24(30)20(14-12-17-8-4-3-5-9-17)25-19-15-13-18-10-6-7-11-21(18)26(23(19)29)16-22(27)28;;/h9-12,17-18,20H,8,13-16H2,1-7H3;3-11,19-20,25H,2,12-16H2,1H3,(H,27,28);2*1H/t;19-,20-;;/m.0../s1. The van der Waals surface area contributed by atoms with E-state index < -0.39 is 36.0 Å². The molecule has 0 aliphatic carbocycles. The Kier molecular flexibility index (Phi) is 24.4. The first-order valence-corrected chi connectivity index (χ1v) is 21.9. The van der Waals surface area contributed by atoms with E-state index >= 15 is 0 Å². The molecule has 0 saturated carbocycles. The lowest BCUT2D eigenvalue weighted by atomic mass is 9.69. The number of ether oxygens (including phenoxy) is 5. The molecule has 2 N–H and O–H groups in total. The first-order valence-electron chi connectivity index (χ1n) is 21.9. The van der Waals surface area contributed by atoms with Gasteiger partial charge in [-0.2, -0.15) is 5.26 Å². The van der Waals surface area contributed by atoms with Crippen molar-refractivity contribution in [2.24, 2.45) is 5.92 Å². The Bertz CT molecular complexity index is 2170. The van der Waals surface area contributed by atoms with Crippen LogP contribution < -0.4 is 29.2 Å². The highest BCUT2D eigenvalue weighted by molar-refractivity contribution is 6.02. The van der Waals surface area contributed by atoms with Crippen LogP contribution in [-0.4, -0.2) is 102 Å². The van der Waals surface area contributed by atoms with Gasteiger partial charge in [-0.25, -0.2) is 0 Å². The molecule has 3 atom stereocenters. The number of amides is 1. The maximum absolute atomic E-state index is 13.3. The normalized spacial score (nSPS) is 14.3. The number of carbonyl (C=O) groups excluding carboxylic acids is 2. The molecule has 0 fully saturated rings. The van der Waals surface area contributed by atoms with Crippen molar-refractivity contribution in [1.29, 1.82) is 5.26 Å². The van der Waals surface area contributed by atoms with Crippen molar-refractivity contribution in [2.75, 3.05) is 66.6 Å². The molecule has 0 spiro atoms. The Labute approximate surface area is 403 Å². The van der Waals surface area contributed by atoms with Crippen LogP contribution in [0.3, 0.4) is 0 Å². The van der Waals surface area contributed by atoms with Crippen LogP contribution >= 0.6 is 24.8 Å². The van der Waals surface area contributed by atoms with Gasteiger partial charge < -0.3 is 33.7 Å². The van der Waals surface area contributed by atoms with Crippen molar-refractivity contribution < 1.29 is 43.2 Å². The molecule has 1 aliphatic rings. The summed E-state index contributed by atoms with van der Waals surface area (Å²) in [6, 6.07) is 30.3. The van der Waals surface area contributed by atoms with Gasteiger partial charge in [0, 0.05) is 12.2 Å². The number of carboxylic acid groups (broad SMARTS) is 1. The van der Waals surface area contributed by atoms with Gasteiger partial charge >= 0.3 is 11.9 Å². The molecule has 15 heteroatoms. The van der Waals surface area contributed by atoms with E-state index in [0.717, 1.165) is 60.5 Å². The zero-order chi connectivity index (χ0) is 46.6. The lowest BCUT2D eigenvalue weighted by Gasteiger charge is -2.32. The number of nitrogens with zero attached hydrogens (tertiary/aromatic N) is 3. The average Bonchev–Trinajstić information content (AvgIpc) is 3.43. The Morgan fingerprint density at radius 3 is 2.08 bits per heavy atom. The molecule has 66 heavy (non-hydrogen) atoms. The van der Waals surface area contributed by atoms with Crippen molar-refractivity contribution in [3.8, 4) is 29.1 Å². The summed E-state index contributed by atoms with van der Waals surface area (Å²) in [5, 5.41) is 22.8. The minimum Gasteiger partial charge on any atom is -0.493 e. The molecule has 13 nitrogen and oxygen atoms in total. The van der Waals surface area contributed by atoms with Gasteiger partial charge in [-0.3, -0.25) is 24.6 Å². The van der Waals surface area contributed by atoms with E-state index in [1.54, 1.807) is 47.5 Å². The van der Waals surface area contributed by atoms with Crippen molar-refractivity contribution in [3.63, 3.8) is 0 Å². The number of aliphatic carboxylic acids is 1. The molecule has 1 unspecified atom stereocenters. The molecular formula is C51H68Cl2N4O9. The summed E-state index contributed by atoms with van der Waals surface area (Å²) in [6.45, 7) is 7.62. The van der Waals surface area contributed by atoms with Crippen molar-refractivity contribution in [2.45, 2.75) is 83.2 Å². The number of nitriles is 1. The van der Waals surface area contributed by atoms with Crippen LogP contribution in [0.2, 0.25) is 0 Å². The highest BCUT2D eigenvalue weighted by Gasteiger charge is 2.37. The number of carbonyl (C=O) groups is 3. The molecular weight excluding hydrogens is 883 g/mol. The molecule has 0 saturated heterocycles. The quantitative estimate of drug-likeness (QED) is 0.0725. The van der Waals surface area contributed by atoms with Crippen LogP contribution in [0.15, 0.2) is 91.0 Å². The number of aryl methyl sites for hydroxylation is 2. The molecule has 0 radical (unpaired) electrons. The second-order valence-electron chi connectivity index (χ2n) is 16.2. The molecule has 4 aromatic carbocycles. The van der Waals surface area contributed by atoms with Crippen LogP contribution in [0.4, 0.5) is 5.69 Å². The Morgan fingerprint density at radius 2 is 1.47 bits per heavy atom. The molecule has 1 heterocycles. The molecule has 5 rings (SSSR count). The summed E-state index contributed by atoms with van der Waals surface area (Å²) in [4.78, 5) is 40.9. The van der Waals surface area contributed by atoms with Crippen LogP contribution in [0.25, 0.3) is 0 Å². The van der Waals surface area contributed by atoms with Crippen LogP contribution in [0, 0.1) is 17.2 Å². The van der Waals surface area contributed by atoms with Crippen LogP contribution in [0.5, 0.6) is 23.0 Å². The summed E-state index contributed by atoms with van der Waals surface area (Å²) < 4.78 is 26.8. The zero-order valence-electron chi connectivity index (χ0n) is 39.5. The predicted octanol–water partition coefficient (Wildman–Crippen LogP) is 8.51. The first-order chi connectivity index (χ1) is 30.8. The number of methoxy groups -OCH3 is 4. The van der Waals surface area contributed by atoms with E-state index in [9.17, 15) is 24.8 Å². The summed E-state index contributed by atoms with van der Waals surface area (Å²) in [5.74, 6) is 1.15. The number of hydrogen-bond acceptors (Lipinski definition) is 11. The molecule has 0 aromatic heterocycles. The number of hydrogen-bond donors (Lipinski definition) is 2. The molecule has 1 aliphatic heterocycles. The number of halogens is 2. The fraction of sp³-hybridized carbons (Fsp3) is 0.451. The van der Waals surface area contributed by atoms with Gasteiger partial charge in [0.2, 0.25) is 5.91 Å². The lowest BCUT2D eigenvalue weighted by Crippen LogP contribution is -2.53. The number of para-hydroxylation sites is 1. The maximum Gasteiger partial charge on any atom is 0.323 e. The topological polar surface area (TPSA) is 160 Å². The van der Waals surface area contributed by atoms with Gasteiger partial charge in [0.05, 0.1) is 52.6 Å². The third-order valence-corrected chi connectivity index (χ3v) is 11.8. The number of rotatable bonds is 22. The number of nitrogens with one attached hydrogen (secondary N) is 1. The number of benzene rings is 4. The highest BCUT2D eigenvalue weighted by Crippen LogP contribution is 2.40. The lowest BCUT2D eigenvalue weighted by molar-refractivity contribution is -0.146. The van der Waals surface area contributed by atoms with E-state index in [1.165, 1.54) is 10.5 Å². The minimum atomic E-state index is -1.09. The number of esters is 1. The fourth-order valence-electron chi connectivity index (χ4n) is 8.10. The maximum atomic E-state index is 13.3. The second-order valence-corrected chi connectivity index (χ2v) is 16.2. The van der Waals surface area contributed by atoms with E-state index in [1.807, 2.05) is 72.8 Å². The van der Waals surface area contributed by atoms with Gasteiger partial charge in [-0.05, 0) is 124 Å². The van der Waals surface area contributed by atoms with Crippen molar-refractivity contribution in [1.82, 2.24) is 10.2 Å². The van der Waals surface area contributed by atoms with Crippen LogP contribution in [0.1, 0.15) is 68.7 Å². The zero-order valence-corrected chi connectivity index (χ0v) is 41.2. The van der Waals surface area contributed by atoms with E-state index in [4.69, 9.17) is 23.7 Å². The van der Waals surface area contributed by atoms with Gasteiger partial charge in [0.1, 0.15) is 12.6 Å². The van der Waals surface area contributed by atoms with E-state index in [0.29, 0.717) is 42.9 Å². The molecule has 0 bridgehead atoms. The van der Waals surface area contributed by atoms with Crippen LogP contribution in [-0.2, 0) is 43.8 Å². The Morgan fingerprint density at radius 1 is 0.848 bits per heavy atom. The Hall–Kier alpha value is -5.52. The largest absolute Gasteiger partial charge is 0.493 e. The van der Waals surface area contributed by atoms with Gasteiger partial charge in [-0.1, -0.05) is 74.5 Å². The van der Waals surface area contributed by atoms with Crippen molar-refractivity contribution in [3.05, 3.63) is 113 Å². The minimum absolute atomic E-state index is 0. The van der Waals surface area contributed by atoms with Gasteiger partial charge in [0.25, 0.3) is 0 Å². The number of anilines is 1. The second kappa shape index (κ2) is 28.5. The number of carboxylic acids is 1. The van der Waals surface area contributed by atoms with Gasteiger partial charge in [-0.15, -0.1) is 24.8 Å². The molecule has 1 amide bonds. The third kappa shape index (κ3) is 15.5. The summed E-state index contributed by atoms with van der Waals surface area (Å²) in [7, 11) is 8.67. The first kappa shape index (κ1) is 56.6. The summed E-state index contributed by atoms with van der Waals surface area (Å²) >= 11 is 0. The average molecular weight is 952 g/mol. The van der Waals surface area contributed by atoms with E-state index in [-0.39, 0.29) is 43.2 Å². The SMILES string of the molecule is CCOC(=O)[C@H](CCc1ccccc1)N[C@H]1CCc2ccccc2N(CC(=O)O)C1=O.COc1ccc(CCN(C)CCCC(C#N)(c2ccc(OC)c(OC)c2)C(C)C)cc1OC.Cl.Cl. The van der Waals surface area contributed by atoms with E-state index in [2.05, 4.69) is 43.2 Å². The summed E-state index contributed by atoms with van der Waals surface area (Å²) in [6.07, 6.45) is 4.80. The molecule has 360 valence electrons. The van der Waals surface area contributed by atoms with Gasteiger partial charge in [0.15, 0.2) is 23.0 Å². The molecule has 4 aromatic rings. The number of fused-ring (bicyclic) bond motifs is 1. The smallest absolute Gasteiger partial charge is 0.323 e. The highest BCUT2D eigenvalue weighted by atomic mass is 35.5. The third-order valence-electron chi connectivity index (χ3n) is 11.8. The number of likely N-dealkylation sites (N-methyl/N-ethyl adjacent to an activating group) is 1. The van der Waals surface area contributed by atoms with Crippen molar-refractivity contribution >= 4 is 48.3 Å². The monoisotopic (exact) mass is 950 g/mol. The predicted molar refractivity (Wildman–Crippen MR) is 263 cm³/mol. The summed E-state index contributed by atoms with van der Waals surface area (Å²) in [5.41, 5.74) is 4.22.